The summed E-state index contributed by atoms with van der Waals surface area (Å²) in [5.41, 5.74) is 3.92. The Morgan fingerprint density at radius 3 is 3.06 bits per heavy atom. The lowest BCUT2D eigenvalue weighted by atomic mass is 9.94. The van der Waals surface area contributed by atoms with Gasteiger partial charge >= 0.3 is 0 Å². The summed E-state index contributed by atoms with van der Waals surface area (Å²) in [5, 5.41) is 1.02. The van der Waals surface area contributed by atoms with Gasteiger partial charge < -0.3 is 9.72 Å². The molecule has 2 nitrogen and oxygen atoms in total. The van der Waals surface area contributed by atoms with Crippen molar-refractivity contribution >= 4 is 26.8 Å². The highest BCUT2D eigenvalue weighted by atomic mass is 79.9. The second-order valence-electron chi connectivity index (χ2n) is 4.65. The average Bonchev–Trinajstić information content (AvgIpc) is 2.67. The quantitative estimate of drug-likeness (QED) is 0.781. The van der Waals surface area contributed by atoms with Crippen LogP contribution in [0.4, 0.5) is 4.39 Å². The first kappa shape index (κ1) is 11.2. The Balaban J connectivity index is 2.44. The second-order valence-corrected chi connectivity index (χ2v) is 5.50. The van der Waals surface area contributed by atoms with Crippen molar-refractivity contribution in [2.75, 3.05) is 6.61 Å². The number of nitrogens with one attached hydrogen (secondary N) is 1. The Morgan fingerprint density at radius 1 is 1.53 bits per heavy atom. The highest BCUT2D eigenvalue weighted by Gasteiger charge is 2.25. The van der Waals surface area contributed by atoms with Gasteiger partial charge in [0, 0.05) is 21.5 Å². The zero-order valence-electron chi connectivity index (χ0n) is 9.73. The molecule has 2 aromatic rings. The van der Waals surface area contributed by atoms with Gasteiger partial charge in [-0.25, -0.2) is 4.39 Å². The maximum absolute atomic E-state index is 13.9. The molecule has 1 unspecified atom stereocenters. The van der Waals surface area contributed by atoms with E-state index >= 15 is 0 Å². The van der Waals surface area contributed by atoms with E-state index in [1.165, 1.54) is 11.6 Å². The van der Waals surface area contributed by atoms with E-state index in [1.807, 2.05) is 6.92 Å². The molecular formula is C13H13BrFNO. The molecule has 0 saturated heterocycles. The number of H-pyrrole nitrogens is 1. The molecule has 0 bridgehead atoms. The fourth-order valence-corrected chi connectivity index (χ4v) is 3.02. The van der Waals surface area contributed by atoms with Crippen LogP contribution in [0.25, 0.3) is 10.9 Å². The van der Waals surface area contributed by atoms with Crippen molar-refractivity contribution in [3.63, 3.8) is 0 Å². The van der Waals surface area contributed by atoms with E-state index in [0.29, 0.717) is 24.6 Å². The molecule has 1 aliphatic heterocycles. The molecule has 2 heterocycles. The smallest absolute Gasteiger partial charge is 0.148 e. The minimum atomic E-state index is -0.209. The lowest BCUT2D eigenvalue weighted by Crippen LogP contribution is -2.13. The number of aromatic nitrogens is 1. The normalized spacial score (nSPS) is 19.6. The van der Waals surface area contributed by atoms with Gasteiger partial charge in [-0.05, 0) is 24.1 Å². The lowest BCUT2D eigenvalue weighted by molar-refractivity contribution is 0.0934. The van der Waals surface area contributed by atoms with Gasteiger partial charge in [-0.3, -0.25) is 0 Å². The van der Waals surface area contributed by atoms with Gasteiger partial charge in [-0.1, -0.05) is 22.9 Å². The molecule has 4 heteroatoms. The first-order chi connectivity index (χ1) is 8.09. The maximum atomic E-state index is 13.9. The van der Waals surface area contributed by atoms with Crippen LogP contribution in [0.15, 0.2) is 10.5 Å². The molecule has 0 saturated carbocycles. The van der Waals surface area contributed by atoms with Crippen LogP contribution >= 0.6 is 15.9 Å². The topological polar surface area (TPSA) is 25.0 Å². The average molecular weight is 298 g/mol. The SMILES string of the molecule is Cc1c(Br)cc(F)c2[nH]c3c(c12)C(C)COC3. The van der Waals surface area contributed by atoms with Gasteiger partial charge in [0.15, 0.2) is 0 Å². The summed E-state index contributed by atoms with van der Waals surface area (Å²) in [6.45, 7) is 5.38. The van der Waals surface area contributed by atoms with E-state index in [2.05, 4.69) is 27.8 Å². The molecular weight excluding hydrogens is 285 g/mol. The molecule has 1 aliphatic rings. The largest absolute Gasteiger partial charge is 0.375 e. The zero-order chi connectivity index (χ0) is 12.2. The van der Waals surface area contributed by atoms with E-state index in [9.17, 15) is 4.39 Å². The molecule has 0 aliphatic carbocycles. The predicted octanol–water partition coefficient (Wildman–Crippen LogP) is 4.01. The summed E-state index contributed by atoms with van der Waals surface area (Å²) in [6, 6.07) is 1.52. The first-order valence-electron chi connectivity index (χ1n) is 5.66. The Kier molecular flexibility index (Phi) is 2.52. The first-order valence-corrected chi connectivity index (χ1v) is 6.45. The predicted molar refractivity (Wildman–Crippen MR) is 68.8 cm³/mol. The van der Waals surface area contributed by atoms with Crippen molar-refractivity contribution in [3.05, 3.63) is 33.2 Å². The minimum absolute atomic E-state index is 0.209. The Labute approximate surface area is 107 Å². The van der Waals surface area contributed by atoms with Crippen molar-refractivity contribution in [2.24, 2.45) is 0 Å². The van der Waals surface area contributed by atoms with Crippen LogP contribution in [0.1, 0.15) is 29.7 Å². The van der Waals surface area contributed by atoms with Gasteiger partial charge in [-0.2, -0.15) is 0 Å². The Bertz CT molecular complexity index is 605. The number of rotatable bonds is 0. The number of aryl methyl sites for hydroxylation is 1. The van der Waals surface area contributed by atoms with Crippen LogP contribution in [-0.4, -0.2) is 11.6 Å². The molecule has 1 atom stereocenters. The molecule has 17 heavy (non-hydrogen) atoms. The van der Waals surface area contributed by atoms with E-state index < -0.39 is 0 Å². The van der Waals surface area contributed by atoms with Crippen molar-refractivity contribution in [1.82, 2.24) is 4.98 Å². The van der Waals surface area contributed by atoms with E-state index in [4.69, 9.17) is 4.74 Å². The Hall–Kier alpha value is -0.870. The van der Waals surface area contributed by atoms with Crippen molar-refractivity contribution in [1.29, 1.82) is 0 Å². The van der Waals surface area contributed by atoms with Gasteiger partial charge in [0.2, 0.25) is 0 Å². The number of hydrogen-bond acceptors (Lipinski definition) is 1. The van der Waals surface area contributed by atoms with E-state index in [-0.39, 0.29) is 5.82 Å². The number of ether oxygens (including phenoxy) is 1. The van der Waals surface area contributed by atoms with Crippen LogP contribution in [0.5, 0.6) is 0 Å². The fraction of sp³-hybridized carbons (Fsp3) is 0.385. The van der Waals surface area contributed by atoms with Crippen LogP contribution in [0.2, 0.25) is 0 Å². The van der Waals surface area contributed by atoms with Gasteiger partial charge in [0.25, 0.3) is 0 Å². The molecule has 1 N–H and O–H groups in total. The molecule has 3 rings (SSSR count). The van der Waals surface area contributed by atoms with Crippen LogP contribution in [-0.2, 0) is 11.3 Å². The van der Waals surface area contributed by atoms with E-state index in [1.54, 1.807) is 0 Å². The van der Waals surface area contributed by atoms with Crippen LogP contribution in [0.3, 0.4) is 0 Å². The molecule has 0 amide bonds. The highest BCUT2D eigenvalue weighted by molar-refractivity contribution is 9.10. The van der Waals surface area contributed by atoms with Gasteiger partial charge in [-0.15, -0.1) is 0 Å². The minimum Gasteiger partial charge on any atom is -0.375 e. The summed E-state index contributed by atoms with van der Waals surface area (Å²) < 4.78 is 20.2. The maximum Gasteiger partial charge on any atom is 0.148 e. The number of benzene rings is 1. The monoisotopic (exact) mass is 297 g/mol. The Morgan fingerprint density at radius 2 is 2.29 bits per heavy atom. The summed E-state index contributed by atoms with van der Waals surface area (Å²) in [4.78, 5) is 3.16. The number of fused-ring (bicyclic) bond motifs is 3. The summed E-state index contributed by atoms with van der Waals surface area (Å²) in [7, 11) is 0. The molecule has 1 aromatic carbocycles. The third kappa shape index (κ3) is 1.54. The van der Waals surface area contributed by atoms with Gasteiger partial charge in [0.05, 0.1) is 18.7 Å². The van der Waals surface area contributed by atoms with Gasteiger partial charge in [0.1, 0.15) is 5.82 Å². The highest BCUT2D eigenvalue weighted by Crippen LogP contribution is 2.38. The fourth-order valence-electron chi connectivity index (χ4n) is 2.62. The molecule has 0 radical (unpaired) electrons. The van der Waals surface area contributed by atoms with Crippen LogP contribution in [0, 0.1) is 12.7 Å². The number of halogens is 2. The standard InChI is InChI=1S/C13H13BrFNO/c1-6-4-17-5-10-11(6)12-7(2)8(14)3-9(15)13(12)16-10/h3,6,16H,4-5H2,1-2H3. The van der Waals surface area contributed by atoms with Crippen molar-refractivity contribution < 1.29 is 9.13 Å². The third-order valence-electron chi connectivity index (χ3n) is 3.45. The number of hydrogen-bond donors (Lipinski definition) is 1. The molecule has 0 spiro atoms. The van der Waals surface area contributed by atoms with Crippen molar-refractivity contribution in [3.8, 4) is 0 Å². The summed E-state index contributed by atoms with van der Waals surface area (Å²) in [5.74, 6) is 0.0963. The van der Waals surface area contributed by atoms with Crippen molar-refractivity contribution in [2.45, 2.75) is 26.4 Å². The second kappa shape index (κ2) is 3.82. The van der Waals surface area contributed by atoms with Crippen LogP contribution < -0.4 is 0 Å². The van der Waals surface area contributed by atoms with E-state index in [0.717, 1.165) is 21.1 Å². The molecule has 0 fully saturated rings. The molecule has 90 valence electrons. The lowest BCUT2D eigenvalue weighted by Gasteiger charge is -2.20. The third-order valence-corrected chi connectivity index (χ3v) is 4.28. The summed E-state index contributed by atoms with van der Waals surface area (Å²) in [6.07, 6.45) is 0. The zero-order valence-corrected chi connectivity index (χ0v) is 11.3. The summed E-state index contributed by atoms with van der Waals surface area (Å²) >= 11 is 3.41. The molecule has 1 aromatic heterocycles. The number of aromatic amines is 1.